The van der Waals surface area contributed by atoms with E-state index >= 15 is 0 Å². The Kier molecular flexibility index (Phi) is 5.19. The van der Waals surface area contributed by atoms with Gasteiger partial charge >= 0.3 is 0 Å². The summed E-state index contributed by atoms with van der Waals surface area (Å²) in [5.41, 5.74) is 3.42. The van der Waals surface area contributed by atoms with Gasteiger partial charge < -0.3 is 24.3 Å². The Hall–Kier alpha value is -1.92. The molecule has 144 valence electrons. The molecule has 0 radical (unpaired) electrons. The van der Waals surface area contributed by atoms with Crippen molar-refractivity contribution in [2.75, 3.05) is 33.3 Å². The van der Waals surface area contributed by atoms with Crippen molar-refractivity contribution in [3.8, 4) is 17.2 Å². The lowest BCUT2D eigenvalue weighted by molar-refractivity contribution is -0.0382. The van der Waals surface area contributed by atoms with Crippen molar-refractivity contribution in [2.24, 2.45) is 5.92 Å². The summed E-state index contributed by atoms with van der Waals surface area (Å²) in [7, 11) is 5.01. The molecule has 0 aliphatic carbocycles. The van der Waals surface area contributed by atoms with Gasteiger partial charge in [-0.3, -0.25) is 0 Å². The third kappa shape index (κ3) is 3.25. The van der Waals surface area contributed by atoms with Gasteiger partial charge in [0.15, 0.2) is 11.5 Å². The minimum absolute atomic E-state index is 0.0574. The van der Waals surface area contributed by atoms with E-state index in [1.165, 1.54) is 5.56 Å². The molecule has 0 aromatic heterocycles. The van der Waals surface area contributed by atoms with Gasteiger partial charge in [-0.1, -0.05) is 0 Å². The maximum Gasteiger partial charge on any atom is 0.174 e. The zero-order chi connectivity index (χ0) is 19.0. The maximum absolute atomic E-state index is 6.23. The van der Waals surface area contributed by atoms with E-state index < -0.39 is 0 Å². The van der Waals surface area contributed by atoms with Crippen LogP contribution in [-0.2, 0) is 4.74 Å². The van der Waals surface area contributed by atoms with Crippen LogP contribution in [-0.4, -0.2) is 27.9 Å². The molecule has 1 N–H and O–H groups in total. The molecule has 2 aliphatic rings. The maximum atomic E-state index is 6.23. The van der Waals surface area contributed by atoms with Gasteiger partial charge in [-0.15, -0.1) is 0 Å². The zero-order valence-electron chi connectivity index (χ0n) is 15.8. The van der Waals surface area contributed by atoms with Crippen LogP contribution in [0.4, 0.5) is 5.69 Å². The molecular weight excluding hydrogens is 410 g/mol. The molecule has 2 aliphatic heterocycles. The Morgan fingerprint density at radius 1 is 1.07 bits per heavy atom. The number of halogens is 1. The Bertz CT molecular complexity index is 841. The molecule has 1 saturated heterocycles. The number of hydrogen-bond donors (Lipinski definition) is 1. The van der Waals surface area contributed by atoms with Crippen LogP contribution < -0.4 is 19.5 Å². The minimum atomic E-state index is 0.0574. The summed E-state index contributed by atoms with van der Waals surface area (Å²) >= 11 is 3.62. The number of nitrogens with one attached hydrogen (secondary N) is 1. The van der Waals surface area contributed by atoms with Crippen molar-refractivity contribution in [1.82, 2.24) is 0 Å². The number of benzene rings is 2. The van der Waals surface area contributed by atoms with Crippen LogP contribution in [0, 0.1) is 5.92 Å². The van der Waals surface area contributed by atoms with Gasteiger partial charge in [0.2, 0.25) is 0 Å². The van der Waals surface area contributed by atoms with E-state index in [2.05, 4.69) is 45.5 Å². The van der Waals surface area contributed by atoms with Crippen LogP contribution in [0.2, 0.25) is 0 Å². The first kappa shape index (κ1) is 18.4. The second-order valence-corrected chi connectivity index (χ2v) is 7.77. The predicted octanol–water partition coefficient (Wildman–Crippen LogP) is 5.11. The molecule has 1 fully saturated rings. The fraction of sp³-hybridized carbons (Fsp3) is 0.429. The fourth-order valence-corrected chi connectivity index (χ4v) is 4.84. The summed E-state index contributed by atoms with van der Waals surface area (Å²) < 4.78 is 23.6. The zero-order valence-corrected chi connectivity index (χ0v) is 17.3. The van der Waals surface area contributed by atoms with E-state index in [1.807, 2.05) is 6.07 Å². The second kappa shape index (κ2) is 7.60. The lowest BCUT2D eigenvalue weighted by atomic mass is 9.77. The van der Waals surface area contributed by atoms with Gasteiger partial charge in [-0.2, -0.15) is 0 Å². The Morgan fingerprint density at radius 2 is 1.93 bits per heavy atom. The molecule has 2 heterocycles. The highest BCUT2D eigenvalue weighted by molar-refractivity contribution is 9.10. The average molecular weight is 434 g/mol. The molecule has 5 nitrogen and oxygen atoms in total. The van der Waals surface area contributed by atoms with Crippen LogP contribution in [0.1, 0.15) is 36.1 Å². The summed E-state index contributed by atoms with van der Waals surface area (Å²) in [6.07, 6.45) is 2.22. The molecule has 4 rings (SSSR count). The lowest BCUT2D eigenvalue weighted by Gasteiger charge is -2.43. The Morgan fingerprint density at radius 3 is 2.67 bits per heavy atom. The average Bonchev–Trinajstić information content (AvgIpc) is 2.72. The van der Waals surface area contributed by atoms with Crippen LogP contribution >= 0.6 is 15.9 Å². The SMILES string of the molecule is COc1ccc2c(c1)[C@H]1OCCC[C@H]1[C@H](c1cc(Br)c(OC)c(OC)c1)N2. The van der Waals surface area contributed by atoms with Gasteiger partial charge in [0, 0.05) is 23.8 Å². The third-order valence-electron chi connectivity index (χ3n) is 5.49. The molecular formula is C21H24BrNO4. The monoisotopic (exact) mass is 433 g/mol. The molecule has 0 unspecified atom stereocenters. The van der Waals surface area contributed by atoms with Gasteiger partial charge in [-0.25, -0.2) is 0 Å². The first-order valence-corrected chi connectivity index (χ1v) is 9.93. The summed E-state index contributed by atoms with van der Waals surface area (Å²) in [6, 6.07) is 10.4. The van der Waals surface area contributed by atoms with Gasteiger partial charge in [0.05, 0.1) is 37.9 Å². The van der Waals surface area contributed by atoms with Crippen molar-refractivity contribution in [1.29, 1.82) is 0 Å². The van der Waals surface area contributed by atoms with Crippen molar-refractivity contribution in [3.05, 3.63) is 45.9 Å². The number of rotatable bonds is 4. The van der Waals surface area contributed by atoms with E-state index in [-0.39, 0.29) is 12.1 Å². The van der Waals surface area contributed by atoms with Crippen LogP contribution in [0.15, 0.2) is 34.8 Å². The molecule has 3 atom stereocenters. The molecule has 2 aromatic rings. The van der Waals surface area contributed by atoms with E-state index in [4.69, 9.17) is 18.9 Å². The molecule has 0 bridgehead atoms. The first-order valence-electron chi connectivity index (χ1n) is 9.13. The third-order valence-corrected chi connectivity index (χ3v) is 6.08. The standard InChI is InChI=1S/C21H24BrNO4/c1-24-13-6-7-17-15(11-13)20-14(5-4-8-27-20)19(23-17)12-9-16(22)21(26-3)18(10-12)25-2/h6-7,9-11,14,19-20,23H,4-5,8H2,1-3H3/t14-,19-,20-/m0/s1. The first-order chi connectivity index (χ1) is 13.2. The smallest absolute Gasteiger partial charge is 0.174 e. The van der Waals surface area contributed by atoms with Crippen molar-refractivity contribution in [3.63, 3.8) is 0 Å². The summed E-state index contributed by atoms with van der Waals surface area (Å²) in [6.45, 7) is 0.792. The Labute approximate surface area is 168 Å². The highest BCUT2D eigenvalue weighted by Crippen LogP contribution is 2.51. The molecule has 27 heavy (non-hydrogen) atoms. The van der Waals surface area contributed by atoms with Crippen molar-refractivity contribution in [2.45, 2.75) is 25.0 Å². The number of anilines is 1. The highest BCUT2D eigenvalue weighted by atomic mass is 79.9. The van der Waals surface area contributed by atoms with Crippen LogP contribution in [0.3, 0.4) is 0 Å². The van der Waals surface area contributed by atoms with Gasteiger partial charge in [0.1, 0.15) is 5.75 Å². The van der Waals surface area contributed by atoms with E-state index in [0.29, 0.717) is 11.7 Å². The molecule has 0 amide bonds. The van der Waals surface area contributed by atoms with E-state index in [0.717, 1.165) is 46.7 Å². The Balaban J connectivity index is 1.78. The van der Waals surface area contributed by atoms with E-state index in [9.17, 15) is 0 Å². The van der Waals surface area contributed by atoms with Gasteiger partial charge in [-0.05, 0) is 64.7 Å². The normalized spacial score (nSPS) is 23.6. The van der Waals surface area contributed by atoms with Crippen molar-refractivity contribution >= 4 is 21.6 Å². The van der Waals surface area contributed by atoms with Crippen molar-refractivity contribution < 1.29 is 18.9 Å². The molecule has 2 aromatic carbocycles. The summed E-state index contributed by atoms with van der Waals surface area (Å²) in [5.74, 6) is 2.62. The lowest BCUT2D eigenvalue weighted by Crippen LogP contribution is -2.36. The number of hydrogen-bond acceptors (Lipinski definition) is 5. The number of methoxy groups -OCH3 is 3. The van der Waals surface area contributed by atoms with Crippen LogP contribution in [0.25, 0.3) is 0 Å². The molecule has 6 heteroatoms. The predicted molar refractivity (Wildman–Crippen MR) is 108 cm³/mol. The largest absolute Gasteiger partial charge is 0.497 e. The topological polar surface area (TPSA) is 49.0 Å². The summed E-state index contributed by atoms with van der Waals surface area (Å²) in [5, 5.41) is 3.73. The number of fused-ring (bicyclic) bond motifs is 3. The van der Waals surface area contributed by atoms with E-state index in [1.54, 1.807) is 21.3 Å². The fourth-order valence-electron chi connectivity index (χ4n) is 4.22. The second-order valence-electron chi connectivity index (χ2n) is 6.91. The molecule has 0 spiro atoms. The minimum Gasteiger partial charge on any atom is -0.497 e. The number of ether oxygens (including phenoxy) is 4. The van der Waals surface area contributed by atoms with Crippen LogP contribution in [0.5, 0.6) is 17.2 Å². The highest BCUT2D eigenvalue weighted by Gasteiger charge is 2.40. The quantitative estimate of drug-likeness (QED) is 0.725. The van der Waals surface area contributed by atoms with Gasteiger partial charge in [0.25, 0.3) is 0 Å². The molecule has 0 saturated carbocycles. The summed E-state index contributed by atoms with van der Waals surface area (Å²) in [4.78, 5) is 0.